The lowest BCUT2D eigenvalue weighted by Gasteiger charge is -2.31. The van der Waals surface area contributed by atoms with Crippen LogP contribution >= 0.6 is 0 Å². The van der Waals surface area contributed by atoms with Crippen LogP contribution in [-0.2, 0) is 4.79 Å². The van der Waals surface area contributed by atoms with Crippen LogP contribution in [0.2, 0.25) is 0 Å². The second-order valence-corrected chi connectivity index (χ2v) is 7.51. The first kappa shape index (κ1) is 18.8. The highest BCUT2D eigenvalue weighted by molar-refractivity contribution is 5.76. The quantitative estimate of drug-likeness (QED) is 0.646. The normalized spacial score (nSPS) is 25.0. The summed E-state index contributed by atoms with van der Waals surface area (Å²) in [6, 6.07) is 0. The predicted molar refractivity (Wildman–Crippen MR) is 99.6 cm³/mol. The lowest BCUT2D eigenvalue weighted by Crippen LogP contribution is -2.41. The molecule has 0 aromatic rings. The monoisotopic (exact) mass is 347 g/mol. The number of nitrogens with two attached hydrogens (primary N) is 1. The molecule has 0 saturated carbocycles. The van der Waals surface area contributed by atoms with Gasteiger partial charge in [0.15, 0.2) is 0 Å². The maximum Gasteiger partial charge on any atom is 0.220 e. The number of piperidine rings is 1. The molecule has 3 heterocycles. The van der Waals surface area contributed by atoms with Crippen LogP contribution in [0.5, 0.6) is 0 Å². The lowest BCUT2D eigenvalue weighted by molar-refractivity contribution is -0.123. The fourth-order valence-corrected chi connectivity index (χ4v) is 3.95. The Morgan fingerprint density at radius 1 is 0.920 bits per heavy atom. The Kier molecular flexibility index (Phi) is 7.28. The summed E-state index contributed by atoms with van der Waals surface area (Å²) in [5.41, 5.74) is 5.40. The lowest BCUT2D eigenvalue weighted by atomic mass is 9.96. The molecule has 1 amide bonds. The number of nitrogens with zero attached hydrogens (tertiary/aromatic N) is 4. The molecule has 3 rings (SSSR count). The number of hydrogen-bond donors (Lipinski definition) is 1. The maximum atomic E-state index is 11.2. The van der Waals surface area contributed by atoms with Crippen molar-refractivity contribution in [3.8, 4) is 0 Å². The van der Waals surface area contributed by atoms with Crippen LogP contribution in [0.1, 0.15) is 25.7 Å². The van der Waals surface area contributed by atoms with Crippen LogP contribution in [0.15, 0.2) is 12.2 Å². The second-order valence-electron chi connectivity index (χ2n) is 7.51. The second kappa shape index (κ2) is 9.67. The van der Waals surface area contributed by atoms with Gasteiger partial charge in [0.05, 0.1) is 0 Å². The molecule has 2 N–H and O–H groups in total. The van der Waals surface area contributed by atoms with Crippen LogP contribution < -0.4 is 5.73 Å². The van der Waals surface area contributed by atoms with Gasteiger partial charge in [-0.1, -0.05) is 12.2 Å². The average molecular weight is 348 g/mol. The molecule has 0 aliphatic carbocycles. The van der Waals surface area contributed by atoms with E-state index in [4.69, 9.17) is 5.73 Å². The van der Waals surface area contributed by atoms with Gasteiger partial charge in [0, 0.05) is 51.7 Å². The summed E-state index contributed by atoms with van der Waals surface area (Å²) >= 11 is 0. The molecular formula is C19H33N5O. The van der Waals surface area contributed by atoms with Crippen LogP contribution in [0.3, 0.4) is 0 Å². The van der Waals surface area contributed by atoms with E-state index >= 15 is 0 Å². The molecule has 0 bridgehead atoms. The summed E-state index contributed by atoms with van der Waals surface area (Å²) in [5, 5.41) is 0. The third-order valence-electron chi connectivity index (χ3n) is 5.64. The number of hydrogen-bond acceptors (Lipinski definition) is 5. The van der Waals surface area contributed by atoms with Crippen molar-refractivity contribution in [1.82, 2.24) is 19.6 Å². The van der Waals surface area contributed by atoms with Gasteiger partial charge in [-0.2, -0.15) is 0 Å². The predicted octanol–water partition coefficient (Wildman–Crippen LogP) is 0.450. The van der Waals surface area contributed by atoms with Crippen molar-refractivity contribution >= 4 is 5.91 Å². The third-order valence-corrected chi connectivity index (χ3v) is 5.64. The van der Waals surface area contributed by atoms with Gasteiger partial charge in [0.2, 0.25) is 5.91 Å². The summed E-state index contributed by atoms with van der Waals surface area (Å²) in [6.45, 7) is 14.4. The zero-order valence-corrected chi connectivity index (χ0v) is 15.4. The van der Waals surface area contributed by atoms with E-state index < -0.39 is 0 Å². The van der Waals surface area contributed by atoms with E-state index in [9.17, 15) is 4.79 Å². The fraction of sp³-hybridized carbons (Fsp3) is 0.789. The van der Waals surface area contributed by atoms with E-state index in [-0.39, 0.29) is 11.8 Å². The van der Waals surface area contributed by atoms with Crippen molar-refractivity contribution in [2.45, 2.75) is 25.7 Å². The minimum atomic E-state index is -0.128. The highest BCUT2D eigenvalue weighted by Crippen LogP contribution is 2.17. The molecule has 2 fully saturated rings. The molecule has 0 aromatic carbocycles. The highest BCUT2D eigenvalue weighted by Gasteiger charge is 2.25. The number of carbonyl (C=O) groups excluding carboxylic acids is 1. The molecular weight excluding hydrogens is 314 g/mol. The Morgan fingerprint density at radius 3 is 2.36 bits per heavy atom. The number of rotatable bonds is 8. The average Bonchev–Trinajstić information content (AvgIpc) is 3.09. The van der Waals surface area contributed by atoms with Crippen molar-refractivity contribution in [2.24, 2.45) is 11.7 Å². The van der Waals surface area contributed by atoms with Crippen molar-refractivity contribution in [3.63, 3.8) is 0 Å². The minimum absolute atomic E-state index is 0.0899. The van der Waals surface area contributed by atoms with E-state index in [0.29, 0.717) is 0 Å². The van der Waals surface area contributed by atoms with E-state index in [0.717, 1.165) is 65.2 Å². The Balaban J connectivity index is 1.24. The number of amides is 1. The smallest absolute Gasteiger partial charge is 0.220 e. The van der Waals surface area contributed by atoms with Gasteiger partial charge in [0.25, 0.3) is 0 Å². The third kappa shape index (κ3) is 6.06. The molecule has 6 nitrogen and oxygen atoms in total. The first-order valence-corrected chi connectivity index (χ1v) is 9.86. The van der Waals surface area contributed by atoms with Gasteiger partial charge in [-0.3, -0.25) is 19.5 Å². The molecule has 0 spiro atoms. The molecule has 25 heavy (non-hydrogen) atoms. The SMILES string of the molecule is NC(=O)C1CCN(CCN2[C]N(CCCN3CC=CCC3)CC2)CC1. The number of carbonyl (C=O) groups is 1. The summed E-state index contributed by atoms with van der Waals surface area (Å²) in [5.74, 6) is -0.0378. The van der Waals surface area contributed by atoms with E-state index in [1.54, 1.807) is 0 Å². The van der Waals surface area contributed by atoms with Crippen LogP contribution in [0.4, 0.5) is 0 Å². The maximum absolute atomic E-state index is 11.2. The van der Waals surface area contributed by atoms with E-state index in [2.05, 4.69) is 38.4 Å². The Bertz CT molecular complexity index is 447. The summed E-state index contributed by atoms with van der Waals surface area (Å²) < 4.78 is 0. The van der Waals surface area contributed by atoms with Gasteiger partial charge in [-0.25, -0.2) is 0 Å². The molecule has 140 valence electrons. The van der Waals surface area contributed by atoms with Crippen molar-refractivity contribution in [2.75, 3.05) is 65.4 Å². The highest BCUT2D eigenvalue weighted by atomic mass is 16.1. The van der Waals surface area contributed by atoms with Crippen molar-refractivity contribution in [1.29, 1.82) is 0 Å². The fourth-order valence-electron chi connectivity index (χ4n) is 3.95. The van der Waals surface area contributed by atoms with Crippen molar-refractivity contribution < 1.29 is 4.79 Å². The molecule has 0 atom stereocenters. The van der Waals surface area contributed by atoms with Gasteiger partial charge in [0.1, 0.15) is 6.67 Å². The Morgan fingerprint density at radius 2 is 1.68 bits per heavy atom. The minimum Gasteiger partial charge on any atom is -0.369 e. The van der Waals surface area contributed by atoms with Gasteiger partial charge in [-0.05, 0) is 45.3 Å². The van der Waals surface area contributed by atoms with Crippen LogP contribution in [0, 0.1) is 12.6 Å². The Hall–Kier alpha value is -0.950. The van der Waals surface area contributed by atoms with Gasteiger partial charge >= 0.3 is 0 Å². The molecule has 0 unspecified atom stereocenters. The summed E-state index contributed by atoms with van der Waals surface area (Å²) in [4.78, 5) is 20.9. The Labute approximate surface area is 152 Å². The van der Waals surface area contributed by atoms with Gasteiger partial charge < -0.3 is 10.6 Å². The molecule has 2 radical (unpaired) electrons. The first-order valence-electron chi connectivity index (χ1n) is 9.86. The van der Waals surface area contributed by atoms with Crippen LogP contribution in [0.25, 0.3) is 0 Å². The standard InChI is InChI=1S/C19H33N5O/c20-19(25)18-5-11-22(12-6-18)13-14-24-16-15-23(17-24)10-4-9-21-7-2-1-3-8-21/h1-2,18H,3-16H2,(H2,20,25). The van der Waals surface area contributed by atoms with Crippen LogP contribution in [-0.4, -0.2) is 91.0 Å². The largest absolute Gasteiger partial charge is 0.369 e. The molecule has 6 heteroatoms. The first-order chi connectivity index (χ1) is 12.2. The van der Waals surface area contributed by atoms with Gasteiger partial charge in [-0.15, -0.1) is 0 Å². The topological polar surface area (TPSA) is 56.1 Å². The van der Waals surface area contributed by atoms with E-state index in [1.807, 2.05) is 0 Å². The molecule has 3 aliphatic heterocycles. The molecule has 2 saturated heterocycles. The summed E-state index contributed by atoms with van der Waals surface area (Å²) in [6.07, 6.45) is 8.82. The zero-order chi connectivity index (χ0) is 17.5. The molecule has 3 aliphatic rings. The zero-order valence-electron chi connectivity index (χ0n) is 15.4. The van der Waals surface area contributed by atoms with E-state index in [1.165, 1.54) is 25.9 Å². The number of primary amides is 1. The number of likely N-dealkylation sites (tertiary alicyclic amines) is 1. The van der Waals surface area contributed by atoms with Crippen molar-refractivity contribution in [3.05, 3.63) is 18.8 Å². The molecule has 0 aromatic heterocycles. The summed E-state index contributed by atoms with van der Waals surface area (Å²) in [7, 11) is 0.